The van der Waals surface area contributed by atoms with E-state index in [0.717, 1.165) is 5.56 Å². The van der Waals surface area contributed by atoms with Gasteiger partial charge in [-0.2, -0.15) is 0 Å². The van der Waals surface area contributed by atoms with Gasteiger partial charge in [-0.3, -0.25) is 9.59 Å². The normalized spacial score (nSPS) is 12.0. The van der Waals surface area contributed by atoms with Crippen molar-refractivity contribution in [1.82, 2.24) is 15.5 Å². The van der Waals surface area contributed by atoms with Crippen LogP contribution in [0.4, 0.5) is 0 Å². The molecule has 0 saturated heterocycles. The molecule has 0 radical (unpaired) electrons. The molecule has 5 nitrogen and oxygen atoms in total. The Morgan fingerprint density at radius 3 is 2.37 bits per heavy atom. The number of nitrogens with zero attached hydrogens (tertiary/aromatic N) is 1. The Bertz CT molecular complexity index is 418. The van der Waals surface area contributed by atoms with Crippen molar-refractivity contribution in [1.29, 1.82) is 0 Å². The molecule has 0 fully saturated rings. The van der Waals surface area contributed by atoms with E-state index >= 15 is 0 Å². The number of amides is 2. The third-order valence-electron chi connectivity index (χ3n) is 2.55. The Kier molecular flexibility index (Phi) is 6.02. The summed E-state index contributed by atoms with van der Waals surface area (Å²) in [4.78, 5) is 25.0. The average molecular weight is 263 g/mol. The minimum Gasteiger partial charge on any atom is -0.350 e. The molecule has 0 heterocycles. The Morgan fingerprint density at radius 2 is 1.84 bits per heavy atom. The molecule has 1 aromatic rings. The van der Waals surface area contributed by atoms with Gasteiger partial charge in [0.2, 0.25) is 11.8 Å². The Morgan fingerprint density at radius 1 is 1.21 bits per heavy atom. The fraction of sp³-hybridized carbons (Fsp3) is 0.429. The van der Waals surface area contributed by atoms with Gasteiger partial charge in [0.05, 0.1) is 0 Å². The van der Waals surface area contributed by atoms with Gasteiger partial charge in [-0.25, -0.2) is 0 Å². The molecule has 0 aliphatic carbocycles. The number of benzene rings is 1. The highest BCUT2D eigenvalue weighted by atomic mass is 16.2. The second-order valence-corrected chi connectivity index (χ2v) is 4.72. The van der Waals surface area contributed by atoms with Crippen molar-refractivity contribution in [3.05, 3.63) is 35.9 Å². The maximum absolute atomic E-state index is 12.0. The van der Waals surface area contributed by atoms with Crippen LogP contribution in [0.2, 0.25) is 0 Å². The lowest BCUT2D eigenvalue weighted by molar-refractivity contribution is -0.128. The smallest absolute Gasteiger partial charge is 0.244 e. The number of hydrogen-bond acceptors (Lipinski definition) is 3. The van der Waals surface area contributed by atoms with Gasteiger partial charge in [-0.05, 0) is 19.7 Å². The summed E-state index contributed by atoms with van der Waals surface area (Å²) in [5.41, 5.74) is 1.03. The Balaban J connectivity index is 2.54. The zero-order valence-corrected chi connectivity index (χ0v) is 11.6. The van der Waals surface area contributed by atoms with E-state index in [-0.39, 0.29) is 11.8 Å². The van der Waals surface area contributed by atoms with Gasteiger partial charge < -0.3 is 15.5 Å². The molecule has 19 heavy (non-hydrogen) atoms. The molecule has 0 aliphatic rings. The summed E-state index contributed by atoms with van der Waals surface area (Å²) in [5, 5.41) is 5.48. The number of hydrogen-bond donors (Lipinski definition) is 2. The van der Waals surface area contributed by atoms with Crippen LogP contribution >= 0.6 is 0 Å². The zero-order valence-electron chi connectivity index (χ0n) is 11.6. The zero-order chi connectivity index (χ0) is 14.3. The molecule has 2 N–H and O–H groups in total. The number of likely N-dealkylation sites (N-methyl/N-ethyl adjacent to an activating group) is 1. The Hall–Kier alpha value is -1.88. The molecule has 5 heteroatoms. The molecule has 0 aromatic heterocycles. The largest absolute Gasteiger partial charge is 0.350 e. The van der Waals surface area contributed by atoms with Gasteiger partial charge >= 0.3 is 0 Å². The van der Waals surface area contributed by atoms with Crippen LogP contribution in [0, 0.1) is 0 Å². The number of nitrogens with one attached hydrogen (secondary N) is 2. The summed E-state index contributed by atoms with van der Waals surface area (Å²) < 4.78 is 0. The number of carbonyl (C=O) groups excluding carboxylic acids is 2. The highest BCUT2D eigenvalue weighted by molar-refractivity contribution is 5.87. The summed E-state index contributed by atoms with van der Waals surface area (Å²) in [7, 11) is 3.72. The molecule has 0 unspecified atom stereocenters. The van der Waals surface area contributed by atoms with Gasteiger partial charge in [0.15, 0.2) is 0 Å². The standard InChI is InChI=1S/C14H21N3O2/c1-11(18)16-13(10-17(2)3)14(19)15-9-12-7-5-4-6-8-12/h4-8,13H,9-10H2,1-3H3,(H,15,19)(H,16,18)/t13-/m1/s1. The fourth-order valence-electron chi connectivity index (χ4n) is 1.71. The molecule has 1 aromatic carbocycles. The molecule has 0 bridgehead atoms. The lowest BCUT2D eigenvalue weighted by Crippen LogP contribution is -2.50. The van der Waals surface area contributed by atoms with Gasteiger partial charge in [0.25, 0.3) is 0 Å². The molecule has 0 spiro atoms. The van der Waals surface area contributed by atoms with Crippen LogP contribution in [-0.2, 0) is 16.1 Å². The molecular formula is C14H21N3O2. The maximum Gasteiger partial charge on any atom is 0.244 e. The van der Waals surface area contributed by atoms with Gasteiger partial charge in [-0.15, -0.1) is 0 Å². The van der Waals surface area contributed by atoms with E-state index in [4.69, 9.17) is 0 Å². The van der Waals surface area contributed by atoms with Crippen LogP contribution in [0.1, 0.15) is 12.5 Å². The van der Waals surface area contributed by atoms with Crippen LogP contribution in [0.3, 0.4) is 0 Å². The highest BCUT2D eigenvalue weighted by Crippen LogP contribution is 1.98. The minimum absolute atomic E-state index is 0.173. The SMILES string of the molecule is CC(=O)N[C@H](CN(C)C)C(=O)NCc1ccccc1. The highest BCUT2D eigenvalue weighted by Gasteiger charge is 2.19. The number of rotatable bonds is 6. The van der Waals surface area contributed by atoms with Crippen molar-refractivity contribution in [2.45, 2.75) is 19.5 Å². The van der Waals surface area contributed by atoms with E-state index in [1.165, 1.54) is 6.92 Å². The molecule has 104 valence electrons. The van der Waals surface area contributed by atoms with Crippen LogP contribution in [0.5, 0.6) is 0 Å². The summed E-state index contributed by atoms with van der Waals surface area (Å²) in [5.74, 6) is -0.380. The van der Waals surface area contributed by atoms with Crippen molar-refractivity contribution < 1.29 is 9.59 Å². The van der Waals surface area contributed by atoms with Gasteiger partial charge in [0.1, 0.15) is 6.04 Å². The first-order valence-electron chi connectivity index (χ1n) is 6.22. The molecule has 1 rings (SSSR count). The fourth-order valence-corrected chi connectivity index (χ4v) is 1.71. The monoisotopic (exact) mass is 263 g/mol. The first-order chi connectivity index (χ1) is 8.99. The first kappa shape index (κ1) is 15.2. The average Bonchev–Trinajstić information content (AvgIpc) is 2.35. The van der Waals surface area contributed by atoms with Crippen molar-refractivity contribution in [2.75, 3.05) is 20.6 Å². The molecular weight excluding hydrogens is 242 g/mol. The van der Waals surface area contributed by atoms with Crippen LogP contribution < -0.4 is 10.6 Å². The van der Waals surface area contributed by atoms with Crippen molar-refractivity contribution in [2.24, 2.45) is 0 Å². The van der Waals surface area contributed by atoms with Crippen LogP contribution in [0.25, 0.3) is 0 Å². The van der Waals surface area contributed by atoms with Crippen molar-refractivity contribution in [3.8, 4) is 0 Å². The molecule has 0 saturated carbocycles. The lowest BCUT2D eigenvalue weighted by atomic mass is 10.2. The maximum atomic E-state index is 12.0. The second-order valence-electron chi connectivity index (χ2n) is 4.72. The summed E-state index contributed by atoms with van der Waals surface area (Å²) in [6, 6.07) is 9.13. The van der Waals surface area contributed by atoms with E-state index in [1.807, 2.05) is 49.3 Å². The topological polar surface area (TPSA) is 61.4 Å². The van der Waals surface area contributed by atoms with Crippen molar-refractivity contribution >= 4 is 11.8 Å². The molecule has 1 atom stereocenters. The number of carbonyl (C=O) groups is 2. The van der Waals surface area contributed by atoms with Crippen LogP contribution in [0.15, 0.2) is 30.3 Å². The molecule has 2 amide bonds. The van der Waals surface area contributed by atoms with E-state index in [9.17, 15) is 9.59 Å². The third kappa shape index (κ3) is 6.01. The van der Waals surface area contributed by atoms with Crippen LogP contribution in [-0.4, -0.2) is 43.4 Å². The minimum atomic E-state index is -0.531. The second kappa shape index (κ2) is 7.53. The predicted molar refractivity (Wildman–Crippen MR) is 74.4 cm³/mol. The third-order valence-corrected chi connectivity index (χ3v) is 2.55. The van der Waals surface area contributed by atoms with E-state index in [1.54, 1.807) is 0 Å². The predicted octanol–water partition coefficient (Wildman–Crippen LogP) is 0.369. The Labute approximate surface area is 114 Å². The summed E-state index contributed by atoms with van der Waals surface area (Å²) in [6.45, 7) is 2.34. The summed E-state index contributed by atoms with van der Waals surface area (Å²) >= 11 is 0. The van der Waals surface area contributed by atoms with Gasteiger partial charge in [-0.1, -0.05) is 30.3 Å². The first-order valence-corrected chi connectivity index (χ1v) is 6.22. The van der Waals surface area contributed by atoms with E-state index < -0.39 is 6.04 Å². The molecule has 0 aliphatic heterocycles. The van der Waals surface area contributed by atoms with Crippen molar-refractivity contribution in [3.63, 3.8) is 0 Å². The quantitative estimate of drug-likeness (QED) is 0.779. The van der Waals surface area contributed by atoms with E-state index in [0.29, 0.717) is 13.1 Å². The van der Waals surface area contributed by atoms with E-state index in [2.05, 4.69) is 10.6 Å². The lowest BCUT2D eigenvalue weighted by Gasteiger charge is -2.21. The van der Waals surface area contributed by atoms with Gasteiger partial charge in [0, 0.05) is 20.0 Å². The summed E-state index contributed by atoms with van der Waals surface area (Å²) in [6.07, 6.45) is 0.